The highest BCUT2D eigenvalue weighted by atomic mass is 16.8. The summed E-state index contributed by atoms with van der Waals surface area (Å²) < 4.78 is 65.1. The first-order chi connectivity index (χ1) is 30.4. The van der Waals surface area contributed by atoms with Crippen LogP contribution in [0.1, 0.15) is 35.6 Å². The Morgan fingerprint density at radius 3 is 1.66 bits per heavy atom. The van der Waals surface area contributed by atoms with Crippen molar-refractivity contribution in [1.29, 1.82) is 0 Å². The number of hydrogen-bond acceptors (Lipinski definition) is 13. The van der Waals surface area contributed by atoms with Gasteiger partial charge in [0.15, 0.2) is 12.6 Å². The van der Waals surface area contributed by atoms with Crippen molar-refractivity contribution in [3.8, 4) is 0 Å². The fourth-order valence-electron chi connectivity index (χ4n) is 8.01. The molecule has 0 radical (unpaired) electrons. The smallest absolute Gasteiger partial charge is 0.187 e. The van der Waals surface area contributed by atoms with Gasteiger partial charge in [-0.3, -0.25) is 0 Å². The normalized spacial score (nSPS) is 31.4. The van der Waals surface area contributed by atoms with Crippen LogP contribution in [0.5, 0.6) is 0 Å². The van der Waals surface area contributed by atoms with E-state index < -0.39 is 86.3 Å². The number of aliphatic hydroxyl groups excluding tert-OH is 3. The van der Waals surface area contributed by atoms with Crippen molar-refractivity contribution in [1.82, 2.24) is 0 Å². The fourth-order valence-corrected chi connectivity index (χ4v) is 8.01. The summed E-state index contributed by atoms with van der Waals surface area (Å²) in [5.41, 5.74) is 3.91. The lowest BCUT2D eigenvalue weighted by Gasteiger charge is -2.48. The van der Waals surface area contributed by atoms with Gasteiger partial charge in [-0.2, -0.15) is 0 Å². The monoisotopic (exact) mass is 856 g/mol. The zero-order valence-electron chi connectivity index (χ0n) is 35.1. The van der Waals surface area contributed by atoms with E-state index in [1.54, 1.807) is 0 Å². The van der Waals surface area contributed by atoms with Crippen molar-refractivity contribution < 1.29 is 62.7 Å². The molecule has 13 nitrogen and oxygen atoms in total. The largest absolute Gasteiger partial charge is 0.394 e. The van der Waals surface area contributed by atoms with E-state index in [0.717, 1.165) is 22.3 Å². The summed E-state index contributed by atoms with van der Waals surface area (Å²) in [6.45, 7) is 6.70. The topological polar surface area (TPSA) is 153 Å². The van der Waals surface area contributed by atoms with Crippen LogP contribution in [0.2, 0.25) is 0 Å². The molecule has 0 aromatic heterocycles. The number of aliphatic hydroxyl groups is 3. The Balaban J connectivity index is 1.19. The number of rotatable bonds is 21. The molecule has 4 aromatic rings. The predicted octanol–water partition coefficient (Wildman–Crippen LogP) is 5.27. The van der Waals surface area contributed by atoms with Crippen molar-refractivity contribution in [2.24, 2.45) is 0 Å². The van der Waals surface area contributed by atoms with Gasteiger partial charge in [0, 0.05) is 6.61 Å². The molecule has 62 heavy (non-hydrogen) atoms. The Morgan fingerprint density at radius 1 is 0.581 bits per heavy atom. The van der Waals surface area contributed by atoms with Gasteiger partial charge in [-0.05, 0) is 35.6 Å². The van der Waals surface area contributed by atoms with Crippen LogP contribution in [0.15, 0.2) is 134 Å². The molecule has 0 aliphatic carbocycles. The molecule has 3 aliphatic heterocycles. The van der Waals surface area contributed by atoms with Crippen LogP contribution in [0.4, 0.5) is 0 Å². The minimum Gasteiger partial charge on any atom is -0.394 e. The Labute approximate surface area is 364 Å². The maximum Gasteiger partial charge on any atom is 0.187 e. The van der Waals surface area contributed by atoms with Gasteiger partial charge in [-0.15, -0.1) is 6.58 Å². The van der Waals surface area contributed by atoms with Crippen molar-refractivity contribution in [2.75, 3.05) is 26.4 Å². The third-order valence-electron chi connectivity index (χ3n) is 11.3. The van der Waals surface area contributed by atoms with Gasteiger partial charge in [-0.25, -0.2) is 0 Å². The van der Waals surface area contributed by atoms with E-state index in [1.165, 1.54) is 6.08 Å². The molecule has 13 unspecified atom stereocenters. The Bertz CT molecular complexity index is 1860. The maximum absolute atomic E-state index is 11.5. The summed E-state index contributed by atoms with van der Waals surface area (Å²) >= 11 is 0. The van der Waals surface area contributed by atoms with Crippen molar-refractivity contribution in [3.63, 3.8) is 0 Å². The fraction of sp³-hybridized carbons (Fsp3) is 0.469. The quantitative estimate of drug-likeness (QED) is 0.0935. The standard InChI is InChI=1S/C49H60O13/c1-3-25-55-45-41(51)39(27-50)61-48(42(45)52)60-38-24-26-54-40(32-53-28-34-16-8-4-9-17-34)44(38)62-49-47(58-31-37-22-14-7-15-23-37)46(57-30-36-20-12-6-13-21-36)43(33(2)59-49)56-29-35-18-10-5-11-19-35/h3-23,33,38-52H,1,24-32H2,2H3. The van der Waals surface area contributed by atoms with Crippen LogP contribution < -0.4 is 0 Å². The number of hydrogen-bond donors (Lipinski definition) is 3. The van der Waals surface area contributed by atoms with E-state index in [2.05, 4.69) is 6.58 Å². The first kappa shape index (κ1) is 46.1. The molecule has 3 aliphatic rings. The van der Waals surface area contributed by atoms with Crippen molar-refractivity contribution >= 4 is 0 Å². The van der Waals surface area contributed by atoms with Crippen LogP contribution >= 0.6 is 0 Å². The molecule has 334 valence electrons. The van der Waals surface area contributed by atoms with Crippen LogP contribution in [0.3, 0.4) is 0 Å². The van der Waals surface area contributed by atoms with Crippen LogP contribution in [0.25, 0.3) is 0 Å². The first-order valence-electron chi connectivity index (χ1n) is 21.4. The van der Waals surface area contributed by atoms with Gasteiger partial charge in [0.25, 0.3) is 0 Å². The van der Waals surface area contributed by atoms with Crippen molar-refractivity contribution in [3.05, 3.63) is 156 Å². The van der Waals surface area contributed by atoms with Gasteiger partial charge in [-0.1, -0.05) is 127 Å². The van der Waals surface area contributed by atoms with Crippen LogP contribution in [-0.2, 0) is 73.8 Å². The van der Waals surface area contributed by atoms with Gasteiger partial charge in [0.05, 0.1) is 58.5 Å². The van der Waals surface area contributed by atoms with Crippen LogP contribution in [-0.4, -0.2) is 121 Å². The van der Waals surface area contributed by atoms with Gasteiger partial charge < -0.3 is 62.7 Å². The molecule has 3 N–H and O–H groups in total. The zero-order chi connectivity index (χ0) is 43.1. The molecule has 0 saturated carbocycles. The Morgan fingerprint density at radius 2 is 1.11 bits per heavy atom. The Hall–Kier alpha value is -3.90. The van der Waals surface area contributed by atoms with E-state index in [4.69, 9.17) is 47.4 Å². The van der Waals surface area contributed by atoms with Gasteiger partial charge in [0.1, 0.15) is 54.9 Å². The summed E-state index contributed by atoms with van der Waals surface area (Å²) in [5, 5.41) is 32.6. The minimum atomic E-state index is -1.42. The molecule has 13 atom stereocenters. The molecule has 0 amide bonds. The average molecular weight is 857 g/mol. The molecule has 3 heterocycles. The Kier molecular flexibility index (Phi) is 17.6. The number of benzene rings is 4. The number of ether oxygens (including phenoxy) is 10. The molecule has 0 bridgehead atoms. The molecular weight excluding hydrogens is 797 g/mol. The van der Waals surface area contributed by atoms with E-state index >= 15 is 0 Å². The van der Waals surface area contributed by atoms with Crippen LogP contribution in [0, 0.1) is 0 Å². The highest BCUT2D eigenvalue weighted by Gasteiger charge is 2.52. The molecule has 3 saturated heterocycles. The zero-order valence-corrected chi connectivity index (χ0v) is 35.1. The molecule has 13 heteroatoms. The van der Waals surface area contributed by atoms with E-state index in [9.17, 15) is 15.3 Å². The van der Waals surface area contributed by atoms with E-state index in [-0.39, 0.29) is 33.0 Å². The second kappa shape index (κ2) is 23.7. The minimum absolute atomic E-state index is 0.0542. The predicted molar refractivity (Wildman–Crippen MR) is 227 cm³/mol. The van der Waals surface area contributed by atoms with Gasteiger partial charge >= 0.3 is 0 Å². The molecule has 0 spiro atoms. The molecule has 7 rings (SSSR count). The lowest BCUT2D eigenvalue weighted by Crippen LogP contribution is -2.64. The molecule has 3 fully saturated rings. The first-order valence-corrected chi connectivity index (χ1v) is 21.4. The van der Waals surface area contributed by atoms with Crippen molar-refractivity contribution in [2.45, 2.75) is 119 Å². The second-order valence-electron chi connectivity index (χ2n) is 15.8. The van der Waals surface area contributed by atoms with Gasteiger partial charge in [0.2, 0.25) is 0 Å². The lowest BCUT2D eigenvalue weighted by molar-refractivity contribution is -0.363. The average Bonchev–Trinajstić information content (AvgIpc) is 3.30. The molecular formula is C49H60O13. The third kappa shape index (κ3) is 12.4. The lowest BCUT2D eigenvalue weighted by atomic mass is 9.97. The van der Waals surface area contributed by atoms with E-state index in [1.807, 2.05) is 128 Å². The third-order valence-corrected chi connectivity index (χ3v) is 11.3. The summed E-state index contributed by atoms with van der Waals surface area (Å²) in [6, 6.07) is 39.5. The summed E-state index contributed by atoms with van der Waals surface area (Å²) in [5.74, 6) is 0. The summed E-state index contributed by atoms with van der Waals surface area (Å²) in [4.78, 5) is 0. The summed E-state index contributed by atoms with van der Waals surface area (Å²) in [7, 11) is 0. The van der Waals surface area contributed by atoms with E-state index in [0.29, 0.717) is 19.6 Å². The highest BCUT2D eigenvalue weighted by molar-refractivity contribution is 5.16. The SMILES string of the molecule is C=CCOC1C(O)C(CO)OC(OC2CCOC(COCc3ccccc3)C2OC2OC(C)C(OCc3ccccc3)C(OCc3ccccc3)C2OCc2ccccc2)C1O. The second-order valence-corrected chi connectivity index (χ2v) is 15.8. The maximum atomic E-state index is 11.5. The highest BCUT2D eigenvalue weighted by Crippen LogP contribution is 2.35. The summed E-state index contributed by atoms with van der Waals surface area (Å²) in [6.07, 6.45) is -10.3. The molecule has 4 aromatic carbocycles.